The van der Waals surface area contributed by atoms with E-state index in [2.05, 4.69) is 9.88 Å². The van der Waals surface area contributed by atoms with E-state index >= 15 is 0 Å². The number of thiazole rings is 1. The van der Waals surface area contributed by atoms with E-state index in [9.17, 15) is 4.79 Å². The zero-order valence-corrected chi connectivity index (χ0v) is 13.5. The number of rotatable bonds is 6. The number of carbonyl (C=O) groups is 1. The van der Waals surface area contributed by atoms with Gasteiger partial charge >= 0.3 is 0 Å². The van der Waals surface area contributed by atoms with Gasteiger partial charge in [-0.25, -0.2) is 4.98 Å². The van der Waals surface area contributed by atoms with Crippen LogP contribution in [0.15, 0.2) is 5.38 Å². The molecule has 1 amide bonds. The van der Waals surface area contributed by atoms with Gasteiger partial charge in [0.05, 0.1) is 16.6 Å². The van der Waals surface area contributed by atoms with Crippen LogP contribution in [0, 0.1) is 0 Å². The number of halogens is 1. The maximum atomic E-state index is 12.0. The number of amides is 1. The number of aromatic nitrogens is 1. The lowest BCUT2D eigenvalue weighted by Crippen LogP contribution is -2.33. The van der Waals surface area contributed by atoms with Crippen molar-refractivity contribution in [3.05, 3.63) is 16.1 Å². The minimum atomic E-state index is 0.350. The van der Waals surface area contributed by atoms with Gasteiger partial charge < -0.3 is 4.90 Å². The summed E-state index contributed by atoms with van der Waals surface area (Å²) in [6, 6.07) is 0. The number of unbranched alkanes of at least 4 members (excludes halogenated alkanes) is 1. The highest BCUT2D eigenvalue weighted by Crippen LogP contribution is 2.15. The molecule has 5 heteroatoms. The average Bonchev–Trinajstić information content (AvgIpc) is 2.90. The van der Waals surface area contributed by atoms with Crippen molar-refractivity contribution in [3.63, 3.8) is 0 Å². The number of nitrogens with zero attached hydrogens (tertiary/aromatic N) is 2. The summed E-state index contributed by atoms with van der Waals surface area (Å²) in [5.74, 6) is 0.849. The lowest BCUT2D eigenvalue weighted by atomic mass is 10.1. The normalized spacial score (nSPS) is 17.1. The Hall–Kier alpha value is -0.610. The maximum absolute atomic E-state index is 12.0. The van der Waals surface area contributed by atoms with E-state index < -0.39 is 0 Å². The van der Waals surface area contributed by atoms with Gasteiger partial charge in [-0.1, -0.05) is 12.8 Å². The van der Waals surface area contributed by atoms with Gasteiger partial charge in [-0.3, -0.25) is 4.79 Å². The van der Waals surface area contributed by atoms with Crippen molar-refractivity contribution >= 4 is 28.8 Å². The molecule has 2 rings (SSSR count). The highest BCUT2D eigenvalue weighted by molar-refractivity contribution is 7.09. The first-order valence-corrected chi connectivity index (χ1v) is 8.98. The molecule has 3 nitrogen and oxygen atoms in total. The second-order valence-corrected chi connectivity index (χ2v) is 6.58. The van der Waals surface area contributed by atoms with Crippen LogP contribution in [-0.4, -0.2) is 28.9 Å². The number of likely N-dealkylation sites (tertiary alicyclic amines) is 1. The first-order valence-electron chi connectivity index (χ1n) is 7.56. The molecule has 1 fully saturated rings. The van der Waals surface area contributed by atoms with Crippen LogP contribution in [0.4, 0.5) is 0 Å². The molecule has 0 unspecified atom stereocenters. The molecule has 0 aromatic carbocycles. The molecule has 1 aromatic rings. The van der Waals surface area contributed by atoms with Gasteiger partial charge in [0, 0.05) is 24.9 Å². The second-order valence-electron chi connectivity index (χ2n) is 5.37. The third-order valence-electron chi connectivity index (χ3n) is 3.73. The fraction of sp³-hybridized carbons (Fsp3) is 0.733. The molecule has 0 radical (unpaired) electrons. The molecule has 0 aliphatic carbocycles. The third-order valence-corrected chi connectivity index (χ3v) is 4.96. The van der Waals surface area contributed by atoms with Crippen LogP contribution < -0.4 is 0 Å². The molecule has 1 saturated heterocycles. The van der Waals surface area contributed by atoms with Crippen molar-refractivity contribution in [2.75, 3.05) is 13.1 Å². The third kappa shape index (κ3) is 5.06. The fourth-order valence-corrected chi connectivity index (χ4v) is 3.62. The molecule has 1 aliphatic rings. The van der Waals surface area contributed by atoms with Gasteiger partial charge in [-0.2, -0.15) is 0 Å². The minimum Gasteiger partial charge on any atom is -0.343 e. The molecule has 0 N–H and O–H groups in total. The number of aryl methyl sites for hydroxylation is 1. The molecule has 1 aromatic heterocycles. The SMILES string of the molecule is O=C1CCCCCCN1CCCCc1nc(CCl)cs1. The number of hydrogen-bond acceptors (Lipinski definition) is 3. The Labute approximate surface area is 130 Å². The Morgan fingerprint density at radius 1 is 1.25 bits per heavy atom. The molecule has 0 bridgehead atoms. The van der Waals surface area contributed by atoms with E-state index in [0.717, 1.165) is 57.3 Å². The summed E-state index contributed by atoms with van der Waals surface area (Å²) in [6.07, 6.45) is 8.62. The van der Waals surface area contributed by atoms with Crippen LogP contribution in [0.25, 0.3) is 0 Å². The van der Waals surface area contributed by atoms with Gasteiger partial charge in [-0.15, -0.1) is 22.9 Å². The second kappa shape index (κ2) is 8.63. The summed E-state index contributed by atoms with van der Waals surface area (Å²) in [6.45, 7) is 1.86. The van der Waals surface area contributed by atoms with Crippen molar-refractivity contribution in [3.8, 4) is 0 Å². The number of hydrogen-bond donors (Lipinski definition) is 0. The zero-order valence-electron chi connectivity index (χ0n) is 11.9. The van der Waals surface area contributed by atoms with Crippen LogP contribution >= 0.6 is 22.9 Å². The standard InChI is InChI=1S/C15H23ClN2OS/c16-11-13-12-20-14(17-13)7-4-6-10-18-9-5-2-1-3-8-15(18)19/h12H,1-11H2. The summed E-state index contributed by atoms with van der Waals surface area (Å²) in [4.78, 5) is 18.5. The molecule has 0 atom stereocenters. The van der Waals surface area contributed by atoms with Crippen molar-refractivity contribution in [1.29, 1.82) is 0 Å². The van der Waals surface area contributed by atoms with Crippen LogP contribution in [0.2, 0.25) is 0 Å². The molecular formula is C15H23ClN2OS. The van der Waals surface area contributed by atoms with Crippen molar-refractivity contribution < 1.29 is 4.79 Å². The van der Waals surface area contributed by atoms with Gasteiger partial charge in [0.1, 0.15) is 0 Å². The molecular weight excluding hydrogens is 292 g/mol. The summed E-state index contributed by atoms with van der Waals surface area (Å²) >= 11 is 7.44. The lowest BCUT2D eigenvalue weighted by Gasteiger charge is -2.24. The summed E-state index contributed by atoms with van der Waals surface area (Å²) in [5, 5.41) is 3.20. The average molecular weight is 315 g/mol. The predicted octanol–water partition coefficient (Wildman–Crippen LogP) is 4.00. The fourth-order valence-electron chi connectivity index (χ4n) is 2.56. The van der Waals surface area contributed by atoms with Crippen LogP contribution in [0.1, 0.15) is 55.6 Å². The highest BCUT2D eigenvalue weighted by Gasteiger charge is 2.14. The Bertz CT molecular complexity index is 422. The quantitative estimate of drug-likeness (QED) is 0.587. The summed E-state index contributed by atoms with van der Waals surface area (Å²) in [5.41, 5.74) is 0.977. The topological polar surface area (TPSA) is 33.2 Å². The Morgan fingerprint density at radius 2 is 2.10 bits per heavy atom. The van der Waals surface area contributed by atoms with Gasteiger partial charge in [-0.05, 0) is 32.1 Å². The highest BCUT2D eigenvalue weighted by atomic mass is 35.5. The first kappa shape index (κ1) is 15.8. The summed E-state index contributed by atoms with van der Waals surface area (Å²) < 4.78 is 0. The van der Waals surface area contributed by atoms with Crippen LogP contribution in [-0.2, 0) is 17.1 Å². The van der Waals surface area contributed by atoms with Crippen molar-refractivity contribution in [2.45, 2.75) is 57.2 Å². The first-order chi connectivity index (χ1) is 9.79. The smallest absolute Gasteiger partial charge is 0.222 e. The van der Waals surface area contributed by atoms with Crippen LogP contribution in [0.3, 0.4) is 0 Å². The van der Waals surface area contributed by atoms with Crippen LogP contribution in [0.5, 0.6) is 0 Å². The van der Waals surface area contributed by atoms with Crippen molar-refractivity contribution in [1.82, 2.24) is 9.88 Å². The van der Waals surface area contributed by atoms with E-state index in [0.29, 0.717) is 11.8 Å². The molecule has 112 valence electrons. The largest absolute Gasteiger partial charge is 0.343 e. The molecule has 1 aliphatic heterocycles. The molecule has 0 saturated carbocycles. The Balaban J connectivity index is 1.67. The van der Waals surface area contributed by atoms with Gasteiger partial charge in [0.2, 0.25) is 5.91 Å². The zero-order chi connectivity index (χ0) is 14.2. The van der Waals surface area contributed by atoms with Crippen molar-refractivity contribution in [2.24, 2.45) is 0 Å². The van der Waals surface area contributed by atoms with E-state index in [1.807, 2.05) is 5.38 Å². The van der Waals surface area contributed by atoms with E-state index in [1.165, 1.54) is 17.8 Å². The predicted molar refractivity (Wildman–Crippen MR) is 84.3 cm³/mol. The molecule has 0 spiro atoms. The van der Waals surface area contributed by atoms with Gasteiger partial charge in [0.25, 0.3) is 0 Å². The Kier molecular flexibility index (Phi) is 6.80. The molecule has 2 heterocycles. The number of alkyl halides is 1. The maximum Gasteiger partial charge on any atom is 0.222 e. The lowest BCUT2D eigenvalue weighted by molar-refractivity contribution is -0.131. The monoisotopic (exact) mass is 314 g/mol. The van der Waals surface area contributed by atoms with E-state index in [1.54, 1.807) is 11.3 Å². The summed E-state index contributed by atoms with van der Waals surface area (Å²) in [7, 11) is 0. The minimum absolute atomic E-state index is 0.350. The van der Waals surface area contributed by atoms with E-state index in [4.69, 9.17) is 11.6 Å². The van der Waals surface area contributed by atoms with Gasteiger partial charge in [0.15, 0.2) is 0 Å². The molecule has 20 heavy (non-hydrogen) atoms. The van der Waals surface area contributed by atoms with E-state index in [-0.39, 0.29) is 0 Å². The Morgan fingerprint density at radius 3 is 2.90 bits per heavy atom. The number of carbonyl (C=O) groups excluding carboxylic acids is 1.